The minimum Gasteiger partial charge on any atom is -0.411 e. The van der Waals surface area contributed by atoms with Crippen LogP contribution in [0.5, 0.6) is 0 Å². The van der Waals surface area contributed by atoms with Crippen molar-refractivity contribution >= 4 is 21.4 Å². The van der Waals surface area contributed by atoms with Crippen molar-refractivity contribution in [3.8, 4) is 0 Å². The predicted octanol–water partition coefficient (Wildman–Crippen LogP) is 1.27. The molecule has 1 aromatic carbocycles. The SMILES string of the molecule is COCCS(=O)(=O)Nc1cccc(C(C)=NO)c1. The van der Waals surface area contributed by atoms with Gasteiger partial charge in [-0.05, 0) is 19.1 Å². The topological polar surface area (TPSA) is 88.0 Å². The third-order valence-corrected chi connectivity index (χ3v) is 3.51. The molecule has 1 rings (SSSR count). The fraction of sp³-hybridized carbons (Fsp3) is 0.364. The summed E-state index contributed by atoms with van der Waals surface area (Å²) in [7, 11) is -1.98. The lowest BCUT2D eigenvalue weighted by molar-refractivity contribution is 0.217. The van der Waals surface area contributed by atoms with Gasteiger partial charge < -0.3 is 9.94 Å². The van der Waals surface area contributed by atoms with Crippen LogP contribution in [-0.2, 0) is 14.8 Å². The van der Waals surface area contributed by atoms with E-state index in [0.29, 0.717) is 17.0 Å². The van der Waals surface area contributed by atoms with E-state index in [1.807, 2.05) is 0 Å². The summed E-state index contributed by atoms with van der Waals surface area (Å²) >= 11 is 0. The number of hydrogen-bond donors (Lipinski definition) is 2. The van der Waals surface area contributed by atoms with Crippen molar-refractivity contribution in [1.82, 2.24) is 0 Å². The van der Waals surface area contributed by atoms with E-state index in [-0.39, 0.29) is 12.4 Å². The number of oxime groups is 1. The van der Waals surface area contributed by atoms with Crippen LogP contribution in [-0.4, -0.2) is 38.8 Å². The molecule has 6 nitrogen and oxygen atoms in total. The van der Waals surface area contributed by atoms with Crippen LogP contribution in [0.15, 0.2) is 29.4 Å². The number of methoxy groups -OCH3 is 1. The Morgan fingerprint density at radius 1 is 1.50 bits per heavy atom. The van der Waals surface area contributed by atoms with Crippen molar-refractivity contribution in [3.05, 3.63) is 29.8 Å². The van der Waals surface area contributed by atoms with Gasteiger partial charge in [0.05, 0.1) is 18.1 Å². The maximum atomic E-state index is 11.6. The lowest BCUT2D eigenvalue weighted by Crippen LogP contribution is -2.19. The van der Waals surface area contributed by atoms with Crippen molar-refractivity contribution < 1.29 is 18.4 Å². The first-order valence-electron chi connectivity index (χ1n) is 5.27. The molecule has 0 atom stereocenters. The van der Waals surface area contributed by atoms with Gasteiger partial charge >= 0.3 is 0 Å². The summed E-state index contributed by atoms with van der Waals surface area (Å²) in [5.74, 6) is -0.110. The first kappa shape index (κ1) is 14.5. The van der Waals surface area contributed by atoms with Gasteiger partial charge in [0.1, 0.15) is 0 Å². The van der Waals surface area contributed by atoms with Gasteiger partial charge in [-0.25, -0.2) is 8.42 Å². The van der Waals surface area contributed by atoms with E-state index in [0.717, 1.165) is 0 Å². The normalized spacial score (nSPS) is 12.4. The highest BCUT2D eigenvalue weighted by Gasteiger charge is 2.10. The zero-order chi connectivity index (χ0) is 13.6. The van der Waals surface area contributed by atoms with E-state index in [2.05, 4.69) is 9.88 Å². The maximum Gasteiger partial charge on any atom is 0.234 e. The van der Waals surface area contributed by atoms with Crippen LogP contribution in [0.2, 0.25) is 0 Å². The number of sulfonamides is 1. The molecule has 0 spiro atoms. The molecule has 1 aromatic rings. The van der Waals surface area contributed by atoms with Crippen LogP contribution in [0, 0.1) is 0 Å². The molecule has 0 aromatic heterocycles. The standard InChI is InChI=1S/C11H16N2O4S/c1-9(12-14)10-4-3-5-11(8-10)13-18(15,16)7-6-17-2/h3-5,8,13-14H,6-7H2,1-2H3. The van der Waals surface area contributed by atoms with Crippen LogP contribution in [0.25, 0.3) is 0 Å². The zero-order valence-electron chi connectivity index (χ0n) is 10.3. The molecule has 0 unspecified atom stereocenters. The van der Waals surface area contributed by atoms with Crippen LogP contribution in [0.1, 0.15) is 12.5 Å². The second-order valence-electron chi connectivity index (χ2n) is 3.68. The van der Waals surface area contributed by atoms with Crippen LogP contribution >= 0.6 is 0 Å². The third-order valence-electron chi connectivity index (χ3n) is 2.26. The Morgan fingerprint density at radius 2 is 2.22 bits per heavy atom. The summed E-state index contributed by atoms with van der Waals surface area (Å²) in [6.07, 6.45) is 0. The Balaban J connectivity index is 2.86. The van der Waals surface area contributed by atoms with Gasteiger partial charge in [-0.2, -0.15) is 0 Å². The van der Waals surface area contributed by atoms with Crippen molar-refractivity contribution in [2.75, 3.05) is 24.2 Å². The average Bonchev–Trinajstić information content (AvgIpc) is 2.35. The minimum atomic E-state index is -3.42. The highest BCUT2D eigenvalue weighted by atomic mass is 32.2. The minimum absolute atomic E-state index is 0.110. The van der Waals surface area contributed by atoms with Gasteiger partial charge in [0.25, 0.3) is 0 Å². The van der Waals surface area contributed by atoms with E-state index in [1.165, 1.54) is 7.11 Å². The molecule has 100 valence electrons. The van der Waals surface area contributed by atoms with E-state index in [9.17, 15) is 8.42 Å². The summed E-state index contributed by atoms with van der Waals surface area (Å²) in [4.78, 5) is 0. The number of ether oxygens (including phenoxy) is 1. The molecule has 0 aliphatic carbocycles. The molecule has 0 bridgehead atoms. The number of rotatable bonds is 6. The van der Waals surface area contributed by atoms with Crippen molar-refractivity contribution in [1.29, 1.82) is 0 Å². The summed E-state index contributed by atoms with van der Waals surface area (Å²) in [5.41, 5.74) is 1.48. The van der Waals surface area contributed by atoms with Crippen molar-refractivity contribution in [3.63, 3.8) is 0 Å². The molecule has 0 saturated carbocycles. The van der Waals surface area contributed by atoms with Crippen LogP contribution in [0.4, 0.5) is 5.69 Å². The molecule has 0 heterocycles. The summed E-state index contributed by atoms with van der Waals surface area (Å²) < 4.78 is 30.4. The Morgan fingerprint density at radius 3 is 2.83 bits per heavy atom. The number of anilines is 1. The van der Waals surface area contributed by atoms with Gasteiger partial charge in [0.2, 0.25) is 10.0 Å². The fourth-order valence-electron chi connectivity index (χ4n) is 1.29. The first-order chi connectivity index (χ1) is 8.48. The van der Waals surface area contributed by atoms with E-state index in [1.54, 1.807) is 31.2 Å². The highest BCUT2D eigenvalue weighted by molar-refractivity contribution is 7.92. The fourth-order valence-corrected chi connectivity index (χ4v) is 2.26. The summed E-state index contributed by atoms with van der Waals surface area (Å²) in [6, 6.07) is 6.62. The molecule has 2 N–H and O–H groups in total. The highest BCUT2D eigenvalue weighted by Crippen LogP contribution is 2.13. The molecule has 18 heavy (non-hydrogen) atoms. The molecule has 0 saturated heterocycles. The second kappa shape index (κ2) is 6.36. The van der Waals surface area contributed by atoms with Gasteiger partial charge in [0.15, 0.2) is 0 Å². The first-order valence-corrected chi connectivity index (χ1v) is 6.92. The Kier molecular flexibility index (Phi) is 5.11. The molecule has 0 radical (unpaired) electrons. The van der Waals surface area contributed by atoms with E-state index < -0.39 is 10.0 Å². The lowest BCUT2D eigenvalue weighted by atomic mass is 10.1. The molecule has 7 heteroatoms. The number of benzene rings is 1. The third kappa shape index (κ3) is 4.34. The van der Waals surface area contributed by atoms with Gasteiger partial charge in [0, 0.05) is 18.4 Å². The molecular weight excluding hydrogens is 256 g/mol. The number of hydrogen-bond acceptors (Lipinski definition) is 5. The van der Waals surface area contributed by atoms with Crippen molar-refractivity contribution in [2.24, 2.45) is 5.16 Å². The monoisotopic (exact) mass is 272 g/mol. The second-order valence-corrected chi connectivity index (χ2v) is 5.52. The number of nitrogens with zero attached hydrogens (tertiary/aromatic N) is 1. The maximum absolute atomic E-state index is 11.6. The van der Waals surface area contributed by atoms with Gasteiger partial charge in [-0.1, -0.05) is 17.3 Å². The van der Waals surface area contributed by atoms with Crippen LogP contribution in [0.3, 0.4) is 0 Å². The smallest absolute Gasteiger partial charge is 0.234 e. The van der Waals surface area contributed by atoms with Gasteiger partial charge in [-0.15, -0.1) is 0 Å². The van der Waals surface area contributed by atoms with Gasteiger partial charge in [-0.3, -0.25) is 4.72 Å². The molecule has 0 fully saturated rings. The predicted molar refractivity (Wildman–Crippen MR) is 69.7 cm³/mol. The van der Waals surface area contributed by atoms with Crippen LogP contribution < -0.4 is 4.72 Å². The van der Waals surface area contributed by atoms with E-state index in [4.69, 9.17) is 9.94 Å². The Bertz CT molecular complexity index is 526. The Hall–Kier alpha value is -1.60. The Labute approximate surface area is 106 Å². The number of nitrogens with one attached hydrogen (secondary N) is 1. The molecular formula is C11H16N2O4S. The van der Waals surface area contributed by atoms with Crippen molar-refractivity contribution in [2.45, 2.75) is 6.92 Å². The molecule has 0 aliphatic rings. The molecule has 0 aliphatic heterocycles. The van der Waals surface area contributed by atoms with E-state index >= 15 is 0 Å². The molecule has 0 amide bonds. The average molecular weight is 272 g/mol. The quantitative estimate of drug-likeness (QED) is 0.464. The summed E-state index contributed by atoms with van der Waals surface area (Å²) in [6.45, 7) is 1.75. The zero-order valence-corrected chi connectivity index (χ0v) is 11.1. The lowest BCUT2D eigenvalue weighted by Gasteiger charge is -2.08. The summed E-state index contributed by atoms with van der Waals surface area (Å²) in [5, 5.41) is 11.7. The largest absolute Gasteiger partial charge is 0.411 e.